The van der Waals surface area contributed by atoms with Gasteiger partial charge >= 0.3 is 0 Å². The van der Waals surface area contributed by atoms with E-state index in [1.807, 2.05) is 18.2 Å². The van der Waals surface area contributed by atoms with Crippen LogP contribution >= 0.6 is 11.6 Å². The molecule has 1 N–H and O–H groups in total. The number of likely N-dealkylation sites (N-methyl/N-ethyl adjacent to an activating group) is 1. The minimum absolute atomic E-state index is 0.343. The van der Waals surface area contributed by atoms with Crippen molar-refractivity contribution >= 4 is 11.6 Å². The Bertz CT molecular complexity index is 386. The zero-order valence-corrected chi connectivity index (χ0v) is 13.8. The van der Waals surface area contributed by atoms with E-state index in [-0.39, 0.29) is 0 Å². The number of nitrogens with zero attached hydrogens (tertiary/aromatic N) is 1. The molecule has 20 heavy (non-hydrogen) atoms. The van der Waals surface area contributed by atoms with Crippen molar-refractivity contribution in [1.29, 1.82) is 0 Å². The number of rotatable bonds is 9. The van der Waals surface area contributed by atoms with Gasteiger partial charge in [0.05, 0.1) is 6.61 Å². The van der Waals surface area contributed by atoms with E-state index in [9.17, 15) is 0 Å². The highest BCUT2D eigenvalue weighted by Crippen LogP contribution is 2.21. The molecule has 1 aromatic carbocycles. The van der Waals surface area contributed by atoms with Crippen LogP contribution in [0.3, 0.4) is 0 Å². The number of benzene rings is 1. The second-order valence-corrected chi connectivity index (χ2v) is 5.68. The van der Waals surface area contributed by atoms with E-state index < -0.39 is 0 Å². The van der Waals surface area contributed by atoms with Crippen molar-refractivity contribution in [1.82, 2.24) is 10.2 Å². The Morgan fingerprint density at radius 1 is 1.40 bits per heavy atom. The minimum atomic E-state index is 0.343. The predicted octanol–water partition coefficient (Wildman–Crippen LogP) is 3.35. The largest absolute Gasteiger partial charge is 0.383 e. The highest BCUT2D eigenvalue weighted by atomic mass is 35.5. The van der Waals surface area contributed by atoms with Crippen LogP contribution < -0.4 is 5.32 Å². The Hall–Kier alpha value is -0.610. The molecule has 0 spiro atoms. The van der Waals surface area contributed by atoms with Gasteiger partial charge < -0.3 is 15.0 Å². The smallest absolute Gasteiger partial charge is 0.0615 e. The van der Waals surface area contributed by atoms with Crippen LogP contribution in [0.4, 0.5) is 0 Å². The fraction of sp³-hybridized carbons (Fsp3) is 0.625. The van der Waals surface area contributed by atoms with Gasteiger partial charge in [0.25, 0.3) is 0 Å². The van der Waals surface area contributed by atoms with Crippen molar-refractivity contribution < 1.29 is 4.74 Å². The van der Waals surface area contributed by atoms with Crippen LogP contribution in [0.15, 0.2) is 24.3 Å². The van der Waals surface area contributed by atoms with Gasteiger partial charge in [-0.1, -0.05) is 30.7 Å². The Morgan fingerprint density at radius 2 is 2.15 bits per heavy atom. The van der Waals surface area contributed by atoms with E-state index in [2.05, 4.69) is 37.2 Å². The molecule has 3 nitrogen and oxygen atoms in total. The lowest BCUT2D eigenvalue weighted by Gasteiger charge is -2.27. The summed E-state index contributed by atoms with van der Waals surface area (Å²) in [6, 6.07) is 8.89. The highest BCUT2D eigenvalue weighted by Gasteiger charge is 2.14. The Labute approximate surface area is 128 Å². The lowest BCUT2D eigenvalue weighted by atomic mass is 10.0. The van der Waals surface area contributed by atoms with Gasteiger partial charge in [0, 0.05) is 30.8 Å². The highest BCUT2D eigenvalue weighted by molar-refractivity contribution is 6.30. The maximum atomic E-state index is 6.09. The quantitative estimate of drug-likeness (QED) is 0.757. The van der Waals surface area contributed by atoms with Crippen molar-refractivity contribution in [3.8, 4) is 0 Å². The van der Waals surface area contributed by atoms with Gasteiger partial charge in [-0.15, -0.1) is 0 Å². The number of methoxy groups -OCH3 is 1. The lowest BCUT2D eigenvalue weighted by molar-refractivity contribution is 0.113. The molecular formula is C16H27ClN2O. The first-order valence-corrected chi connectivity index (χ1v) is 7.64. The van der Waals surface area contributed by atoms with Crippen LogP contribution in [0.25, 0.3) is 0 Å². The van der Waals surface area contributed by atoms with Gasteiger partial charge in [-0.05, 0) is 44.6 Å². The van der Waals surface area contributed by atoms with Crippen LogP contribution in [0.2, 0.25) is 5.02 Å². The number of ether oxygens (including phenoxy) is 1. The monoisotopic (exact) mass is 298 g/mol. The molecule has 0 aliphatic carbocycles. The van der Waals surface area contributed by atoms with Crippen LogP contribution in [-0.2, 0) is 4.74 Å². The summed E-state index contributed by atoms with van der Waals surface area (Å²) < 4.78 is 5.20. The molecule has 4 heteroatoms. The third-order valence-corrected chi connectivity index (χ3v) is 3.87. The predicted molar refractivity (Wildman–Crippen MR) is 86.5 cm³/mol. The van der Waals surface area contributed by atoms with Crippen molar-refractivity contribution in [2.24, 2.45) is 0 Å². The topological polar surface area (TPSA) is 24.5 Å². The van der Waals surface area contributed by atoms with Crippen LogP contribution in [0.1, 0.15) is 31.9 Å². The molecule has 0 saturated carbocycles. The fourth-order valence-corrected chi connectivity index (χ4v) is 2.48. The number of nitrogens with one attached hydrogen (secondary N) is 1. The third kappa shape index (κ3) is 5.80. The molecule has 2 unspecified atom stereocenters. The van der Waals surface area contributed by atoms with Crippen molar-refractivity contribution in [2.45, 2.75) is 32.4 Å². The van der Waals surface area contributed by atoms with E-state index >= 15 is 0 Å². The molecule has 0 amide bonds. The summed E-state index contributed by atoms with van der Waals surface area (Å²) in [7, 11) is 3.89. The molecule has 1 aromatic rings. The van der Waals surface area contributed by atoms with E-state index in [0.717, 1.165) is 31.1 Å². The Kier molecular flexibility index (Phi) is 8.15. The molecule has 0 aliphatic rings. The third-order valence-electron chi connectivity index (χ3n) is 3.63. The summed E-state index contributed by atoms with van der Waals surface area (Å²) in [6.07, 6.45) is 1.05. The van der Waals surface area contributed by atoms with Gasteiger partial charge in [-0.3, -0.25) is 0 Å². The second kappa shape index (κ2) is 9.35. The second-order valence-electron chi connectivity index (χ2n) is 5.24. The molecule has 114 valence electrons. The Balaban J connectivity index is 2.59. The summed E-state index contributed by atoms with van der Waals surface area (Å²) in [5.74, 6) is 0. The molecule has 0 radical (unpaired) electrons. The molecule has 0 heterocycles. The Morgan fingerprint density at radius 3 is 2.75 bits per heavy atom. The molecule has 1 rings (SSSR count). The van der Waals surface area contributed by atoms with Gasteiger partial charge in [-0.25, -0.2) is 0 Å². The molecule has 2 atom stereocenters. The van der Waals surface area contributed by atoms with Crippen LogP contribution in [0.5, 0.6) is 0 Å². The van der Waals surface area contributed by atoms with E-state index in [1.165, 1.54) is 5.56 Å². The average molecular weight is 299 g/mol. The normalized spacial score (nSPS) is 14.5. The number of hydrogen-bond acceptors (Lipinski definition) is 3. The molecule has 0 aliphatic heterocycles. The van der Waals surface area contributed by atoms with Gasteiger partial charge in [-0.2, -0.15) is 0 Å². The first-order chi connectivity index (χ1) is 9.58. The summed E-state index contributed by atoms with van der Waals surface area (Å²) in [6.45, 7) is 7.06. The van der Waals surface area contributed by atoms with Crippen molar-refractivity contribution in [3.05, 3.63) is 34.9 Å². The first kappa shape index (κ1) is 17.4. The lowest BCUT2D eigenvalue weighted by Crippen LogP contribution is -2.35. The first-order valence-electron chi connectivity index (χ1n) is 7.26. The van der Waals surface area contributed by atoms with Crippen molar-refractivity contribution in [3.63, 3.8) is 0 Å². The van der Waals surface area contributed by atoms with Gasteiger partial charge in [0.2, 0.25) is 0 Å². The zero-order chi connectivity index (χ0) is 15.0. The number of hydrogen-bond donors (Lipinski definition) is 1. The maximum absolute atomic E-state index is 6.09. The van der Waals surface area contributed by atoms with E-state index in [4.69, 9.17) is 16.3 Å². The van der Waals surface area contributed by atoms with Crippen LogP contribution in [0, 0.1) is 0 Å². The zero-order valence-electron chi connectivity index (χ0n) is 13.0. The summed E-state index contributed by atoms with van der Waals surface area (Å²) in [5, 5.41) is 4.33. The average Bonchev–Trinajstić information content (AvgIpc) is 2.43. The SMILES string of the molecule is CCNC(CCN(C)C(C)COC)c1cccc(Cl)c1. The molecular weight excluding hydrogens is 272 g/mol. The maximum Gasteiger partial charge on any atom is 0.0615 e. The van der Waals surface area contributed by atoms with Crippen LogP contribution in [-0.4, -0.2) is 44.8 Å². The van der Waals surface area contributed by atoms with Gasteiger partial charge in [0.1, 0.15) is 0 Å². The molecule has 0 aromatic heterocycles. The molecule has 0 bridgehead atoms. The van der Waals surface area contributed by atoms with Crippen molar-refractivity contribution in [2.75, 3.05) is 33.9 Å². The van der Waals surface area contributed by atoms with Gasteiger partial charge in [0.15, 0.2) is 0 Å². The summed E-state index contributed by atoms with van der Waals surface area (Å²) >= 11 is 6.09. The molecule has 0 saturated heterocycles. The van der Waals surface area contributed by atoms with E-state index in [0.29, 0.717) is 12.1 Å². The standard InChI is InChI=1S/C16H27ClN2O/c1-5-18-16(14-7-6-8-15(17)11-14)9-10-19(3)13(2)12-20-4/h6-8,11,13,16,18H,5,9-10,12H2,1-4H3. The fourth-order valence-electron chi connectivity index (χ4n) is 2.28. The summed E-state index contributed by atoms with van der Waals surface area (Å²) in [4.78, 5) is 2.33. The molecule has 0 fully saturated rings. The number of halogens is 1. The van der Waals surface area contributed by atoms with E-state index in [1.54, 1.807) is 7.11 Å². The minimum Gasteiger partial charge on any atom is -0.383 e. The summed E-state index contributed by atoms with van der Waals surface area (Å²) in [5.41, 5.74) is 1.26.